The Hall–Kier alpha value is -2.17. The average molecular weight is 337 g/mol. The van der Waals surface area contributed by atoms with Crippen LogP contribution in [0, 0.1) is 0 Å². The summed E-state index contributed by atoms with van der Waals surface area (Å²) in [7, 11) is -3.51. The van der Waals surface area contributed by atoms with E-state index in [1.807, 2.05) is 48.5 Å². The van der Waals surface area contributed by atoms with Gasteiger partial charge in [0.2, 0.25) is 10.0 Å². The molecular formula is C20H19NO2S. The molecule has 3 aromatic rings. The molecule has 0 fully saturated rings. The highest BCUT2D eigenvalue weighted by molar-refractivity contribution is 7.89. The molecule has 0 saturated heterocycles. The fraction of sp³-hybridized carbons (Fsp3) is 0.200. The number of nitrogens with one attached hydrogen (secondary N) is 1. The summed E-state index contributed by atoms with van der Waals surface area (Å²) in [5.74, 6) is 0. The maximum absolute atomic E-state index is 12.8. The summed E-state index contributed by atoms with van der Waals surface area (Å²) < 4.78 is 28.3. The van der Waals surface area contributed by atoms with Crippen LogP contribution in [0.3, 0.4) is 0 Å². The van der Waals surface area contributed by atoms with Gasteiger partial charge in [0, 0.05) is 11.9 Å². The van der Waals surface area contributed by atoms with Crippen molar-refractivity contribution in [1.29, 1.82) is 0 Å². The summed E-state index contributed by atoms with van der Waals surface area (Å²) in [5, 5.41) is 1.97. The zero-order chi connectivity index (χ0) is 16.6. The van der Waals surface area contributed by atoms with Crippen LogP contribution in [0.15, 0.2) is 65.6 Å². The predicted molar refractivity (Wildman–Crippen MR) is 96.7 cm³/mol. The molecule has 0 saturated carbocycles. The monoisotopic (exact) mass is 337 g/mol. The van der Waals surface area contributed by atoms with Crippen LogP contribution in [0.4, 0.5) is 0 Å². The molecule has 0 amide bonds. The molecule has 0 aromatic heterocycles. The molecule has 0 radical (unpaired) electrons. The normalized spacial score (nSPS) is 13.5. The van der Waals surface area contributed by atoms with Gasteiger partial charge in [0.15, 0.2) is 0 Å². The Morgan fingerprint density at radius 2 is 1.58 bits per heavy atom. The van der Waals surface area contributed by atoms with Gasteiger partial charge in [0.25, 0.3) is 0 Å². The minimum absolute atomic E-state index is 0.387. The van der Waals surface area contributed by atoms with Gasteiger partial charge in [-0.2, -0.15) is 0 Å². The van der Waals surface area contributed by atoms with E-state index in [0.717, 1.165) is 29.2 Å². The van der Waals surface area contributed by atoms with Crippen molar-refractivity contribution in [2.45, 2.75) is 24.2 Å². The van der Waals surface area contributed by atoms with Crippen molar-refractivity contribution in [3.8, 4) is 0 Å². The van der Waals surface area contributed by atoms with E-state index >= 15 is 0 Å². The standard InChI is InChI=1S/C20H19NO2S/c22-24(23,21-14-13-15-5-2-1-3-6-15)19-12-11-17-10-9-16-7-4-8-18(19)20(16)17/h1-8,11-12,21H,9-10,13-14H2. The van der Waals surface area contributed by atoms with Crippen molar-refractivity contribution in [1.82, 2.24) is 4.72 Å². The lowest BCUT2D eigenvalue weighted by atomic mass is 10.1. The van der Waals surface area contributed by atoms with E-state index < -0.39 is 10.0 Å². The van der Waals surface area contributed by atoms with Crippen LogP contribution in [0.25, 0.3) is 10.8 Å². The Kier molecular flexibility index (Phi) is 3.87. The second-order valence-electron chi connectivity index (χ2n) is 6.20. The number of hydrogen-bond acceptors (Lipinski definition) is 2. The second-order valence-corrected chi connectivity index (χ2v) is 7.93. The van der Waals surface area contributed by atoms with Gasteiger partial charge in [-0.1, -0.05) is 54.6 Å². The van der Waals surface area contributed by atoms with E-state index in [1.54, 1.807) is 6.07 Å². The van der Waals surface area contributed by atoms with Gasteiger partial charge < -0.3 is 0 Å². The minimum atomic E-state index is -3.51. The van der Waals surface area contributed by atoms with Gasteiger partial charge in [-0.15, -0.1) is 0 Å². The van der Waals surface area contributed by atoms with E-state index in [9.17, 15) is 8.42 Å². The van der Waals surface area contributed by atoms with Gasteiger partial charge in [-0.3, -0.25) is 0 Å². The van der Waals surface area contributed by atoms with E-state index in [-0.39, 0.29) is 0 Å². The molecule has 1 aliphatic carbocycles. The van der Waals surface area contributed by atoms with E-state index in [4.69, 9.17) is 0 Å². The van der Waals surface area contributed by atoms with E-state index in [0.29, 0.717) is 17.9 Å². The molecule has 122 valence electrons. The number of hydrogen-bond donors (Lipinski definition) is 1. The summed E-state index contributed by atoms with van der Waals surface area (Å²) >= 11 is 0. The number of rotatable bonds is 5. The third-order valence-corrected chi connectivity index (χ3v) is 6.19. The first-order valence-electron chi connectivity index (χ1n) is 8.22. The molecule has 1 N–H and O–H groups in total. The highest BCUT2D eigenvalue weighted by Crippen LogP contribution is 2.34. The van der Waals surface area contributed by atoms with Gasteiger partial charge in [0.05, 0.1) is 4.90 Å². The van der Waals surface area contributed by atoms with Crippen LogP contribution in [-0.4, -0.2) is 15.0 Å². The SMILES string of the molecule is O=S(=O)(NCCc1ccccc1)c1ccc2c3c(cccc13)CC2. The maximum atomic E-state index is 12.8. The predicted octanol–water partition coefficient (Wildman–Crippen LogP) is 3.46. The van der Waals surface area contributed by atoms with Gasteiger partial charge >= 0.3 is 0 Å². The second kappa shape index (κ2) is 6.04. The number of benzene rings is 3. The first kappa shape index (κ1) is 15.4. The quantitative estimate of drug-likeness (QED) is 0.775. The lowest BCUT2D eigenvalue weighted by Crippen LogP contribution is -2.26. The van der Waals surface area contributed by atoms with E-state index in [2.05, 4.69) is 10.8 Å². The van der Waals surface area contributed by atoms with E-state index in [1.165, 1.54) is 11.1 Å². The fourth-order valence-corrected chi connectivity index (χ4v) is 4.74. The summed E-state index contributed by atoms with van der Waals surface area (Å²) in [4.78, 5) is 0.387. The van der Waals surface area contributed by atoms with Crippen molar-refractivity contribution in [3.05, 3.63) is 77.4 Å². The molecular weight excluding hydrogens is 318 g/mol. The molecule has 24 heavy (non-hydrogen) atoms. The van der Waals surface area contributed by atoms with Crippen molar-refractivity contribution < 1.29 is 8.42 Å². The Morgan fingerprint density at radius 3 is 2.38 bits per heavy atom. The molecule has 0 aliphatic heterocycles. The van der Waals surface area contributed by atoms with Crippen LogP contribution < -0.4 is 4.72 Å². The van der Waals surface area contributed by atoms with Crippen molar-refractivity contribution in [2.24, 2.45) is 0 Å². The molecule has 1 aliphatic rings. The molecule has 0 bridgehead atoms. The minimum Gasteiger partial charge on any atom is -0.211 e. The third-order valence-electron chi connectivity index (χ3n) is 4.67. The summed E-state index contributed by atoms with van der Waals surface area (Å²) in [6.07, 6.45) is 2.68. The summed E-state index contributed by atoms with van der Waals surface area (Å²) in [5.41, 5.74) is 3.63. The molecule has 3 aromatic carbocycles. The van der Waals surface area contributed by atoms with Crippen molar-refractivity contribution >= 4 is 20.8 Å². The van der Waals surface area contributed by atoms with Crippen LogP contribution >= 0.6 is 0 Å². The first-order valence-corrected chi connectivity index (χ1v) is 9.70. The Morgan fingerprint density at radius 1 is 0.833 bits per heavy atom. The van der Waals surface area contributed by atoms with Crippen molar-refractivity contribution in [3.63, 3.8) is 0 Å². The molecule has 0 spiro atoms. The maximum Gasteiger partial charge on any atom is 0.241 e. The Bertz CT molecular complexity index is 985. The van der Waals surface area contributed by atoms with Crippen LogP contribution in [0.2, 0.25) is 0 Å². The lowest BCUT2D eigenvalue weighted by Gasteiger charge is -2.11. The highest BCUT2D eigenvalue weighted by Gasteiger charge is 2.22. The topological polar surface area (TPSA) is 46.2 Å². The Balaban J connectivity index is 1.62. The summed E-state index contributed by atoms with van der Waals surface area (Å²) in [6.45, 7) is 0.398. The zero-order valence-electron chi connectivity index (χ0n) is 13.3. The highest BCUT2D eigenvalue weighted by atomic mass is 32.2. The van der Waals surface area contributed by atoms with Gasteiger partial charge in [-0.05, 0) is 47.4 Å². The largest absolute Gasteiger partial charge is 0.241 e. The average Bonchev–Trinajstić information content (AvgIpc) is 3.01. The molecule has 3 nitrogen and oxygen atoms in total. The smallest absolute Gasteiger partial charge is 0.211 e. The third kappa shape index (κ3) is 2.72. The molecule has 4 rings (SSSR count). The fourth-order valence-electron chi connectivity index (χ4n) is 3.51. The van der Waals surface area contributed by atoms with Crippen LogP contribution in [-0.2, 0) is 29.3 Å². The number of aryl methyl sites for hydroxylation is 2. The zero-order valence-corrected chi connectivity index (χ0v) is 14.1. The first-order chi connectivity index (χ1) is 11.6. The van der Waals surface area contributed by atoms with Gasteiger partial charge in [0.1, 0.15) is 0 Å². The molecule has 0 atom stereocenters. The number of sulfonamides is 1. The molecule has 0 heterocycles. The lowest BCUT2D eigenvalue weighted by molar-refractivity contribution is 0.582. The van der Waals surface area contributed by atoms with Crippen molar-refractivity contribution in [2.75, 3.05) is 6.54 Å². The summed E-state index contributed by atoms with van der Waals surface area (Å²) in [6, 6.07) is 19.6. The molecule has 4 heteroatoms. The Labute approximate surface area is 142 Å². The van der Waals surface area contributed by atoms with Crippen LogP contribution in [0.1, 0.15) is 16.7 Å². The van der Waals surface area contributed by atoms with Gasteiger partial charge in [-0.25, -0.2) is 13.1 Å². The molecule has 0 unspecified atom stereocenters. The van der Waals surface area contributed by atoms with Crippen LogP contribution in [0.5, 0.6) is 0 Å².